The second kappa shape index (κ2) is 7.31. The largest absolute Gasteiger partial charge is 0.442 e. The average molecular weight is 266 g/mol. The number of ether oxygens (including phenoxy) is 1. The summed E-state index contributed by atoms with van der Waals surface area (Å²) in [4.78, 5) is 12.0. The molecule has 4 heteroatoms. The second-order valence-corrected chi connectivity index (χ2v) is 6.01. The number of carbonyl (C=O) groups excluding carboxylic acids is 1. The van der Waals surface area contributed by atoms with Crippen LogP contribution in [0.5, 0.6) is 0 Å². The molecule has 1 aliphatic carbocycles. The molecule has 1 aliphatic rings. The van der Waals surface area contributed by atoms with Crippen molar-refractivity contribution < 1.29 is 9.53 Å². The molecule has 1 saturated carbocycles. The van der Waals surface area contributed by atoms with Gasteiger partial charge >= 0.3 is 6.09 Å². The molecule has 0 spiro atoms. The maximum absolute atomic E-state index is 12.0. The minimum Gasteiger partial charge on any atom is -0.442 e. The summed E-state index contributed by atoms with van der Waals surface area (Å²) in [5.41, 5.74) is -0.503. The SMILES string of the molecule is C=CCN(/N=C/C1CCCCC1)C(=O)OC(C)(C)C. The molecule has 1 fully saturated rings. The Balaban J connectivity index is 2.57. The molecule has 0 radical (unpaired) electrons. The van der Waals surface area contributed by atoms with E-state index in [1.807, 2.05) is 27.0 Å². The Bertz CT molecular complexity index is 326. The molecular weight excluding hydrogens is 240 g/mol. The van der Waals surface area contributed by atoms with Crippen LogP contribution in [0.2, 0.25) is 0 Å². The van der Waals surface area contributed by atoms with E-state index >= 15 is 0 Å². The van der Waals surface area contributed by atoms with Gasteiger partial charge in [-0.15, -0.1) is 6.58 Å². The molecule has 0 aromatic rings. The Morgan fingerprint density at radius 3 is 2.53 bits per heavy atom. The van der Waals surface area contributed by atoms with Crippen molar-refractivity contribution in [2.75, 3.05) is 6.54 Å². The van der Waals surface area contributed by atoms with Gasteiger partial charge in [-0.05, 0) is 39.5 Å². The maximum Gasteiger partial charge on any atom is 0.431 e. The van der Waals surface area contributed by atoms with Crippen LogP contribution in [0.25, 0.3) is 0 Å². The van der Waals surface area contributed by atoms with Crippen LogP contribution < -0.4 is 0 Å². The molecular formula is C15H26N2O2. The van der Waals surface area contributed by atoms with Crippen LogP contribution in [0.1, 0.15) is 52.9 Å². The van der Waals surface area contributed by atoms with Crippen LogP contribution in [-0.4, -0.2) is 29.5 Å². The standard InChI is InChI=1S/C15H26N2O2/c1-5-11-17(14(18)19-15(2,3)4)16-12-13-9-7-6-8-10-13/h5,12-13H,1,6-11H2,2-4H3/b16-12+. The van der Waals surface area contributed by atoms with E-state index in [0.29, 0.717) is 12.5 Å². The Kier molecular flexibility index (Phi) is 6.06. The summed E-state index contributed by atoms with van der Waals surface area (Å²) < 4.78 is 5.32. The first-order valence-corrected chi connectivity index (χ1v) is 7.08. The Morgan fingerprint density at radius 2 is 2.00 bits per heavy atom. The van der Waals surface area contributed by atoms with Gasteiger partial charge in [0.25, 0.3) is 0 Å². The normalized spacial score (nSPS) is 17.4. The van der Waals surface area contributed by atoms with Gasteiger partial charge in [0.1, 0.15) is 5.60 Å². The zero-order chi connectivity index (χ0) is 14.3. The first-order valence-electron chi connectivity index (χ1n) is 7.08. The van der Waals surface area contributed by atoms with Gasteiger partial charge in [-0.3, -0.25) is 0 Å². The van der Waals surface area contributed by atoms with E-state index in [2.05, 4.69) is 11.7 Å². The summed E-state index contributed by atoms with van der Waals surface area (Å²) in [5, 5.41) is 5.62. The second-order valence-electron chi connectivity index (χ2n) is 6.01. The third-order valence-corrected chi connectivity index (χ3v) is 2.97. The Hall–Kier alpha value is -1.32. The van der Waals surface area contributed by atoms with E-state index in [0.717, 1.165) is 0 Å². The smallest absolute Gasteiger partial charge is 0.431 e. The zero-order valence-electron chi connectivity index (χ0n) is 12.4. The number of hydrogen-bond acceptors (Lipinski definition) is 3. The third-order valence-electron chi connectivity index (χ3n) is 2.97. The molecule has 0 aromatic carbocycles. The van der Waals surface area contributed by atoms with E-state index in [1.54, 1.807) is 6.08 Å². The van der Waals surface area contributed by atoms with Crippen LogP contribution in [0.3, 0.4) is 0 Å². The predicted molar refractivity (Wildman–Crippen MR) is 78.2 cm³/mol. The first-order chi connectivity index (χ1) is 8.92. The summed E-state index contributed by atoms with van der Waals surface area (Å²) in [7, 11) is 0. The molecule has 0 atom stereocenters. The van der Waals surface area contributed by atoms with Crippen molar-refractivity contribution in [1.82, 2.24) is 5.01 Å². The van der Waals surface area contributed by atoms with Gasteiger partial charge < -0.3 is 4.74 Å². The summed E-state index contributed by atoms with van der Waals surface area (Å²) in [5.74, 6) is 0.489. The van der Waals surface area contributed by atoms with Gasteiger partial charge in [0, 0.05) is 6.21 Å². The van der Waals surface area contributed by atoms with Crippen LogP contribution in [0.4, 0.5) is 4.79 Å². The average Bonchev–Trinajstić information content (AvgIpc) is 2.33. The molecule has 108 valence electrons. The first kappa shape index (κ1) is 15.7. The predicted octanol–water partition coefficient (Wildman–Crippen LogP) is 3.98. The minimum atomic E-state index is -0.503. The molecule has 0 aliphatic heterocycles. The van der Waals surface area contributed by atoms with Gasteiger partial charge in [-0.25, -0.2) is 4.79 Å². The van der Waals surface area contributed by atoms with Crippen molar-refractivity contribution in [2.45, 2.75) is 58.5 Å². The van der Waals surface area contributed by atoms with Crippen LogP contribution in [-0.2, 0) is 4.74 Å². The van der Waals surface area contributed by atoms with E-state index < -0.39 is 11.7 Å². The number of nitrogens with zero attached hydrogens (tertiary/aromatic N) is 2. The molecule has 4 nitrogen and oxygen atoms in total. The fraction of sp³-hybridized carbons (Fsp3) is 0.733. The number of hydrogen-bond donors (Lipinski definition) is 0. The highest BCUT2D eigenvalue weighted by Gasteiger charge is 2.21. The fourth-order valence-electron chi connectivity index (χ4n) is 2.06. The Morgan fingerprint density at radius 1 is 1.37 bits per heavy atom. The number of amides is 1. The fourth-order valence-corrected chi connectivity index (χ4v) is 2.06. The summed E-state index contributed by atoms with van der Waals surface area (Å²) in [6, 6.07) is 0. The molecule has 1 rings (SSSR count). The van der Waals surface area contributed by atoms with Crippen molar-refractivity contribution in [1.29, 1.82) is 0 Å². The lowest BCUT2D eigenvalue weighted by Crippen LogP contribution is -2.34. The summed E-state index contributed by atoms with van der Waals surface area (Å²) in [6.45, 7) is 9.57. The van der Waals surface area contributed by atoms with Crippen molar-refractivity contribution in [2.24, 2.45) is 11.0 Å². The van der Waals surface area contributed by atoms with Crippen molar-refractivity contribution in [3.63, 3.8) is 0 Å². The molecule has 0 unspecified atom stereocenters. The molecule has 1 amide bonds. The van der Waals surface area contributed by atoms with Gasteiger partial charge in [-0.2, -0.15) is 10.1 Å². The number of carbonyl (C=O) groups is 1. The molecule has 0 aromatic heterocycles. The molecule has 19 heavy (non-hydrogen) atoms. The summed E-state index contributed by atoms with van der Waals surface area (Å²) in [6.07, 6.45) is 9.29. The van der Waals surface area contributed by atoms with E-state index in [1.165, 1.54) is 37.1 Å². The maximum atomic E-state index is 12.0. The van der Waals surface area contributed by atoms with E-state index in [4.69, 9.17) is 4.74 Å². The van der Waals surface area contributed by atoms with Gasteiger partial charge in [-0.1, -0.05) is 25.3 Å². The molecule has 0 bridgehead atoms. The van der Waals surface area contributed by atoms with Gasteiger partial charge in [0.2, 0.25) is 0 Å². The quantitative estimate of drug-likeness (QED) is 0.439. The minimum absolute atomic E-state index is 0.373. The van der Waals surface area contributed by atoms with E-state index in [9.17, 15) is 4.79 Å². The zero-order valence-corrected chi connectivity index (χ0v) is 12.4. The highest BCUT2D eigenvalue weighted by molar-refractivity contribution is 5.70. The third kappa shape index (κ3) is 6.41. The van der Waals surface area contributed by atoms with Crippen LogP contribution >= 0.6 is 0 Å². The lowest BCUT2D eigenvalue weighted by molar-refractivity contribution is 0.0276. The summed E-state index contributed by atoms with van der Waals surface area (Å²) >= 11 is 0. The number of rotatable bonds is 4. The van der Waals surface area contributed by atoms with Crippen molar-refractivity contribution in [3.8, 4) is 0 Å². The lowest BCUT2D eigenvalue weighted by atomic mass is 9.90. The van der Waals surface area contributed by atoms with Crippen LogP contribution in [0.15, 0.2) is 17.8 Å². The topological polar surface area (TPSA) is 41.9 Å². The highest BCUT2D eigenvalue weighted by atomic mass is 16.6. The van der Waals surface area contributed by atoms with Crippen LogP contribution in [0, 0.1) is 5.92 Å². The van der Waals surface area contributed by atoms with Gasteiger partial charge in [0.15, 0.2) is 0 Å². The monoisotopic (exact) mass is 266 g/mol. The lowest BCUT2D eigenvalue weighted by Gasteiger charge is -2.24. The van der Waals surface area contributed by atoms with E-state index in [-0.39, 0.29) is 0 Å². The van der Waals surface area contributed by atoms with Gasteiger partial charge in [0.05, 0.1) is 6.54 Å². The number of hydrazone groups is 1. The van der Waals surface area contributed by atoms with Crippen molar-refractivity contribution >= 4 is 12.3 Å². The Labute approximate surface area is 116 Å². The highest BCUT2D eigenvalue weighted by Crippen LogP contribution is 2.22. The molecule has 0 saturated heterocycles. The molecule has 0 heterocycles. The molecule has 0 N–H and O–H groups in total. The van der Waals surface area contributed by atoms with Crippen molar-refractivity contribution in [3.05, 3.63) is 12.7 Å².